The predicted octanol–water partition coefficient (Wildman–Crippen LogP) is 2.08. The topological polar surface area (TPSA) is 90.2 Å². The Kier molecular flexibility index (Phi) is 3.87. The molecule has 3 N–H and O–H groups in total. The van der Waals surface area contributed by atoms with E-state index in [2.05, 4.69) is 10.2 Å². The van der Waals surface area contributed by atoms with Crippen molar-refractivity contribution in [2.24, 2.45) is 5.73 Å². The highest BCUT2D eigenvalue weighted by molar-refractivity contribution is 5.91. The zero-order valence-electron chi connectivity index (χ0n) is 11.5. The van der Waals surface area contributed by atoms with Gasteiger partial charge in [0.1, 0.15) is 11.4 Å². The molecule has 1 fully saturated rings. The molecule has 0 radical (unpaired) electrons. The standard InChI is InChI=1S/C15H17N3O3/c16-15(19)13-9-12(17-18-13)10-4-6-11(7-5-10)21-14-3-1-2-8-20-14/h4-7,9,14H,1-3,8H2,(H2,16,19)(H,17,18). The molecule has 1 saturated heterocycles. The Hall–Kier alpha value is -2.34. The van der Waals surface area contributed by atoms with E-state index in [-0.39, 0.29) is 6.29 Å². The van der Waals surface area contributed by atoms with E-state index in [1.54, 1.807) is 6.07 Å². The highest BCUT2D eigenvalue weighted by atomic mass is 16.7. The van der Waals surface area contributed by atoms with E-state index in [1.165, 1.54) is 0 Å². The fourth-order valence-corrected chi connectivity index (χ4v) is 2.26. The second kappa shape index (κ2) is 5.97. The molecule has 1 aliphatic rings. The van der Waals surface area contributed by atoms with Gasteiger partial charge >= 0.3 is 0 Å². The van der Waals surface area contributed by atoms with Gasteiger partial charge in [-0.3, -0.25) is 9.89 Å². The van der Waals surface area contributed by atoms with Crippen LogP contribution in [0.15, 0.2) is 30.3 Å². The number of hydrogen-bond donors (Lipinski definition) is 2. The first-order chi connectivity index (χ1) is 10.2. The van der Waals surface area contributed by atoms with Gasteiger partial charge in [0.2, 0.25) is 0 Å². The Balaban J connectivity index is 1.69. The zero-order chi connectivity index (χ0) is 14.7. The van der Waals surface area contributed by atoms with E-state index in [4.69, 9.17) is 15.2 Å². The molecule has 1 unspecified atom stereocenters. The summed E-state index contributed by atoms with van der Waals surface area (Å²) < 4.78 is 11.3. The van der Waals surface area contributed by atoms with Crippen LogP contribution in [0, 0.1) is 0 Å². The molecule has 1 atom stereocenters. The van der Waals surface area contributed by atoms with Gasteiger partial charge in [-0.2, -0.15) is 5.10 Å². The Morgan fingerprint density at radius 1 is 1.33 bits per heavy atom. The summed E-state index contributed by atoms with van der Waals surface area (Å²) in [7, 11) is 0. The molecule has 21 heavy (non-hydrogen) atoms. The summed E-state index contributed by atoms with van der Waals surface area (Å²) in [5.74, 6) is 0.236. The maximum Gasteiger partial charge on any atom is 0.266 e. The van der Waals surface area contributed by atoms with Crippen LogP contribution >= 0.6 is 0 Å². The molecule has 6 heteroatoms. The molecular weight excluding hydrogens is 270 g/mol. The van der Waals surface area contributed by atoms with Crippen molar-refractivity contribution >= 4 is 5.91 Å². The van der Waals surface area contributed by atoms with Gasteiger partial charge < -0.3 is 15.2 Å². The average Bonchev–Trinajstić information content (AvgIpc) is 2.99. The number of nitrogens with one attached hydrogen (secondary N) is 1. The number of amides is 1. The largest absolute Gasteiger partial charge is 0.465 e. The van der Waals surface area contributed by atoms with Gasteiger partial charge in [0.05, 0.1) is 12.3 Å². The van der Waals surface area contributed by atoms with Crippen LogP contribution in [0.3, 0.4) is 0 Å². The number of ether oxygens (including phenoxy) is 2. The number of aromatic amines is 1. The first kappa shape index (κ1) is 13.6. The summed E-state index contributed by atoms with van der Waals surface area (Å²) in [5.41, 5.74) is 7.04. The van der Waals surface area contributed by atoms with E-state index < -0.39 is 5.91 Å². The highest BCUT2D eigenvalue weighted by Crippen LogP contribution is 2.23. The third kappa shape index (κ3) is 3.22. The van der Waals surface area contributed by atoms with Gasteiger partial charge in [-0.05, 0) is 43.2 Å². The van der Waals surface area contributed by atoms with Crippen LogP contribution < -0.4 is 10.5 Å². The Labute approximate surface area is 122 Å². The van der Waals surface area contributed by atoms with Crippen LogP contribution in [-0.4, -0.2) is 29.0 Å². The minimum Gasteiger partial charge on any atom is -0.465 e. The Morgan fingerprint density at radius 3 is 2.76 bits per heavy atom. The molecule has 0 saturated carbocycles. The van der Waals surface area contributed by atoms with Crippen molar-refractivity contribution in [1.29, 1.82) is 0 Å². The summed E-state index contributed by atoms with van der Waals surface area (Å²) in [6, 6.07) is 9.14. The number of carbonyl (C=O) groups is 1. The summed E-state index contributed by atoms with van der Waals surface area (Å²) in [6.45, 7) is 0.756. The lowest BCUT2D eigenvalue weighted by molar-refractivity contribution is -0.105. The lowest BCUT2D eigenvalue weighted by Gasteiger charge is -2.23. The summed E-state index contributed by atoms with van der Waals surface area (Å²) >= 11 is 0. The number of aromatic nitrogens is 2. The van der Waals surface area contributed by atoms with Gasteiger partial charge in [0.25, 0.3) is 5.91 Å². The number of rotatable bonds is 4. The first-order valence-electron chi connectivity index (χ1n) is 6.96. The number of primary amides is 1. The van der Waals surface area contributed by atoms with Gasteiger partial charge in [-0.25, -0.2) is 0 Å². The van der Waals surface area contributed by atoms with Crippen molar-refractivity contribution in [3.63, 3.8) is 0 Å². The van der Waals surface area contributed by atoms with Gasteiger partial charge in [-0.15, -0.1) is 0 Å². The van der Waals surface area contributed by atoms with Crippen molar-refractivity contribution < 1.29 is 14.3 Å². The fraction of sp³-hybridized carbons (Fsp3) is 0.333. The summed E-state index contributed by atoms with van der Waals surface area (Å²) in [5, 5.41) is 6.67. The van der Waals surface area contributed by atoms with Crippen molar-refractivity contribution in [2.75, 3.05) is 6.61 Å². The molecule has 1 aliphatic heterocycles. The van der Waals surface area contributed by atoms with Crippen molar-refractivity contribution in [2.45, 2.75) is 25.6 Å². The van der Waals surface area contributed by atoms with Crippen molar-refractivity contribution in [3.05, 3.63) is 36.0 Å². The van der Waals surface area contributed by atoms with Crippen LogP contribution in [0.1, 0.15) is 29.8 Å². The minimum atomic E-state index is -0.525. The molecule has 0 spiro atoms. The zero-order valence-corrected chi connectivity index (χ0v) is 11.5. The predicted molar refractivity (Wildman–Crippen MR) is 76.8 cm³/mol. The van der Waals surface area contributed by atoms with Crippen LogP contribution in [0.25, 0.3) is 11.3 Å². The number of nitrogens with zero attached hydrogens (tertiary/aromatic N) is 1. The van der Waals surface area contributed by atoms with Crippen LogP contribution in [0.4, 0.5) is 0 Å². The average molecular weight is 287 g/mol. The lowest BCUT2D eigenvalue weighted by Crippen LogP contribution is -2.24. The summed E-state index contributed by atoms with van der Waals surface area (Å²) in [4.78, 5) is 11.0. The second-order valence-corrected chi connectivity index (χ2v) is 4.97. The van der Waals surface area contributed by atoms with Gasteiger partial charge in [0, 0.05) is 12.0 Å². The van der Waals surface area contributed by atoms with Crippen LogP contribution in [0.2, 0.25) is 0 Å². The molecule has 1 aromatic heterocycles. The summed E-state index contributed by atoms with van der Waals surface area (Å²) in [6.07, 6.45) is 2.99. The lowest BCUT2D eigenvalue weighted by atomic mass is 10.1. The number of H-pyrrole nitrogens is 1. The molecule has 0 bridgehead atoms. The highest BCUT2D eigenvalue weighted by Gasteiger charge is 2.15. The van der Waals surface area contributed by atoms with Crippen LogP contribution in [-0.2, 0) is 4.74 Å². The molecule has 2 heterocycles. The monoisotopic (exact) mass is 287 g/mol. The molecule has 0 aliphatic carbocycles. The normalized spacial score (nSPS) is 18.4. The third-order valence-electron chi connectivity index (χ3n) is 3.40. The molecule has 3 rings (SSSR count). The minimum absolute atomic E-state index is 0.156. The number of carbonyl (C=O) groups excluding carboxylic acids is 1. The molecule has 6 nitrogen and oxygen atoms in total. The smallest absolute Gasteiger partial charge is 0.266 e. The quantitative estimate of drug-likeness (QED) is 0.900. The molecular formula is C15H17N3O3. The second-order valence-electron chi connectivity index (χ2n) is 4.97. The maximum absolute atomic E-state index is 11.0. The number of benzene rings is 1. The van der Waals surface area contributed by atoms with Crippen LogP contribution in [0.5, 0.6) is 5.75 Å². The fourth-order valence-electron chi connectivity index (χ4n) is 2.26. The van der Waals surface area contributed by atoms with E-state index in [0.717, 1.165) is 37.2 Å². The van der Waals surface area contributed by atoms with E-state index in [1.807, 2.05) is 24.3 Å². The third-order valence-corrected chi connectivity index (χ3v) is 3.40. The first-order valence-corrected chi connectivity index (χ1v) is 6.96. The van der Waals surface area contributed by atoms with E-state index in [0.29, 0.717) is 11.4 Å². The molecule has 110 valence electrons. The van der Waals surface area contributed by atoms with Gasteiger partial charge in [-0.1, -0.05) is 0 Å². The van der Waals surface area contributed by atoms with Gasteiger partial charge in [0.15, 0.2) is 6.29 Å². The maximum atomic E-state index is 11.0. The molecule has 1 amide bonds. The number of nitrogens with two attached hydrogens (primary N) is 1. The number of hydrogen-bond acceptors (Lipinski definition) is 4. The Morgan fingerprint density at radius 2 is 2.14 bits per heavy atom. The van der Waals surface area contributed by atoms with Crippen molar-refractivity contribution in [3.8, 4) is 17.0 Å². The molecule has 1 aromatic carbocycles. The van der Waals surface area contributed by atoms with E-state index >= 15 is 0 Å². The van der Waals surface area contributed by atoms with E-state index in [9.17, 15) is 4.79 Å². The Bertz CT molecular complexity index is 615. The molecule has 2 aromatic rings. The van der Waals surface area contributed by atoms with Crippen molar-refractivity contribution in [1.82, 2.24) is 10.2 Å². The SMILES string of the molecule is NC(=O)c1cc(-c2ccc(OC3CCCCO3)cc2)n[nH]1.